The van der Waals surface area contributed by atoms with Gasteiger partial charge in [0, 0.05) is 18.6 Å². The van der Waals surface area contributed by atoms with Crippen molar-refractivity contribution in [1.29, 1.82) is 5.26 Å². The SMILES string of the molecule is CC(C)CN(CCC#N)C(=O)CNC(C)(C)C. The van der Waals surface area contributed by atoms with Gasteiger partial charge in [0.25, 0.3) is 0 Å². The van der Waals surface area contributed by atoms with Crippen LogP contribution >= 0.6 is 0 Å². The summed E-state index contributed by atoms with van der Waals surface area (Å²) in [4.78, 5) is 13.8. The molecule has 0 radical (unpaired) electrons. The number of rotatable bonds is 6. The minimum Gasteiger partial charge on any atom is -0.340 e. The molecule has 0 rings (SSSR count). The third kappa shape index (κ3) is 8.70. The lowest BCUT2D eigenvalue weighted by atomic mass is 10.1. The van der Waals surface area contributed by atoms with E-state index in [9.17, 15) is 4.79 Å². The fourth-order valence-electron chi connectivity index (χ4n) is 1.40. The van der Waals surface area contributed by atoms with Crippen molar-refractivity contribution >= 4 is 5.91 Å². The van der Waals surface area contributed by atoms with E-state index in [1.54, 1.807) is 4.90 Å². The summed E-state index contributed by atoms with van der Waals surface area (Å²) < 4.78 is 0. The highest BCUT2D eigenvalue weighted by Crippen LogP contribution is 2.02. The number of hydrogen-bond acceptors (Lipinski definition) is 3. The van der Waals surface area contributed by atoms with E-state index in [4.69, 9.17) is 5.26 Å². The van der Waals surface area contributed by atoms with Crippen LogP contribution in [0, 0.1) is 17.2 Å². The Labute approximate surface area is 105 Å². The van der Waals surface area contributed by atoms with Gasteiger partial charge in [0.1, 0.15) is 0 Å². The first kappa shape index (κ1) is 15.9. The first-order chi connectivity index (χ1) is 7.76. The van der Waals surface area contributed by atoms with Gasteiger partial charge in [-0.15, -0.1) is 0 Å². The Kier molecular flexibility index (Phi) is 6.82. The van der Waals surface area contributed by atoms with Crippen LogP contribution in [-0.4, -0.2) is 36.0 Å². The summed E-state index contributed by atoms with van der Waals surface area (Å²) in [5, 5.41) is 11.8. The summed E-state index contributed by atoms with van der Waals surface area (Å²) in [6, 6.07) is 2.08. The maximum absolute atomic E-state index is 12.0. The summed E-state index contributed by atoms with van der Waals surface area (Å²) >= 11 is 0. The van der Waals surface area contributed by atoms with Gasteiger partial charge in [-0.05, 0) is 26.7 Å². The van der Waals surface area contributed by atoms with E-state index in [0.717, 1.165) is 0 Å². The van der Waals surface area contributed by atoms with E-state index in [-0.39, 0.29) is 11.4 Å². The molecular weight excluding hydrogens is 214 g/mol. The number of hydrogen-bond donors (Lipinski definition) is 1. The highest BCUT2D eigenvalue weighted by molar-refractivity contribution is 5.78. The predicted octanol–water partition coefficient (Wildman–Crippen LogP) is 1.77. The summed E-state index contributed by atoms with van der Waals surface area (Å²) in [5.41, 5.74) is -0.0611. The van der Waals surface area contributed by atoms with Crippen LogP contribution in [0.1, 0.15) is 41.0 Å². The molecule has 0 spiro atoms. The molecule has 0 aliphatic heterocycles. The molecule has 0 unspecified atom stereocenters. The molecule has 0 saturated carbocycles. The zero-order valence-electron chi connectivity index (χ0n) is 11.7. The highest BCUT2D eigenvalue weighted by Gasteiger charge is 2.17. The zero-order chi connectivity index (χ0) is 13.5. The first-order valence-corrected chi connectivity index (χ1v) is 6.16. The van der Waals surface area contributed by atoms with E-state index in [1.807, 2.05) is 20.8 Å². The van der Waals surface area contributed by atoms with Crippen LogP contribution in [0.15, 0.2) is 0 Å². The van der Waals surface area contributed by atoms with E-state index in [1.165, 1.54) is 0 Å². The van der Waals surface area contributed by atoms with Crippen molar-refractivity contribution in [3.63, 3.8) is 0 Å². The number of nitriles is 1. The molecule has 0 aromatic carbocycles. The van der Waals surface area contributed by atoms with Crippen molar-refractivity contribution in [1.82, 2.24) is 10.2 Å². The van der Waals surface area contributed by atoms with Crippen molar-refractivity contribution in [3.8, 4) is 6.07 Å². The summed E-state index contributed by atoms with van der Waals surface area (Å²) in [6.45, 7) is 11.8. The smallest absolute Gasteiger partial charge is 0.236 e. The third-order valence-electron chi connectivity index (χ3n) is 2.20. The van der Waals surface area contributed by atoms with Crippen molar-refractivity contribution in [3.05, 3.63) is 0 Å². The van der Waals surface area contributed by atoms with Gasteiger partial charge < -0.3 is 10.2 Å². The molecule has 0 heterocycles. The van der Waals surface area contributed by atoms with E-state index in [0.29, 0.717) is 32.0 Å². The largest absolute Gasteiger partial charge is 0.340 e. The van der Waals surface area contributed by atoms with Crippen LogP contribution in [-0.2, 0) is 4.79 Å². The van der Waals surface area contributed by atoms with Gasteiger partial charge in [0.05, 0.1) is 19.0 Å². The normalized spacial score (nSPS) is 11.4. The second kappa shape index (κ2) is 7.29. The van der Waals surface area contributed by atoms with Crippen LogP contribution in [0.5, 0.6) is 0 Å². The predicted molar refractivity (Wildman–Crippen MR) is 69.4 cm³/mol. The first-order valence-electron chi connectivity index (χ1n) is 6.16. The highest BCUT2D eigenvalue weighted by atomic mass is 16.2. The Morgan fingerprint density at radius 3 is 2.41 bits per heavy atom. The molecule has 0 aliphatic carbocycles. The Morgan fingerprint density at radius 1 is 1.41 bits per heavy atom. The Hall–Kier alpha value is -1.08. The van der Waals surface area contributed by atoms with Crippen molar-refractivity contribution in [2.45, 2.75) is 46.6 Å². The molecule has 0 saturated heterocycles. The van der Waals surface area contributed by atoms with Crippen molar-refractivity contribution in [2.24, 2.45) is 5.92 Å². The summed E-state index contributed by atoms with van der Waals surface area (Å²) in [6.07, 6.45) is 0.397. The molecule has 1 N–H and O–H groups in total. The van der Waals surface area contributed by atoms with E-state index < -0.39 is 0 Å². The van der Waals surface area contributed by atoms with Crippen molar-refractivity contribution in [2.75, 3.05) is 19.6 Å². The molecule has 0 aromatic heterocycles. The van der Waals surface area contributed by atoms with Gasteiger partial charge in [0.2, 0.25) is 5.91 Å². The van der Waals surface area contributed by atoms with Crippen LogP contribution in [0.4, 0.5) is 0 Å². The maximum Gasteiger partial charge on any atom is 0.236 e. The van der Waals surface area contributed by atoms with Gasteiger partial charge in [-0.25, -0.2) is 0 Å². The minimum absolute atomic E-state index is 0.0611. The lowest BCUT2D eigenvalue weighted by Crippen LogP contribution is -2.46. The van der Waals surface area contributed by atoms with Gasteiger partial charge in [-0.1, -0.05) is 13.8 Å². The Bertz CT molecular complexity index is 273. The molecule has 4 nitrogen and oxygen atoms in total. The Balaban J connectivity index is 4.27. The number of carbonyl (C=O) groups excluding carboxylic acids is 1. The van der Waals surface area contributed by atoms with Crippen LogP contribution in [0.2, 0.25) is 0 Å². The second-order valence-corrected chi connectivity index (χ2v) is 5.75. The molecule has 0 atom stereocenters. The van der Waals surface area contributed by atoms with Gasteiger partial charge in [-0.2, -0.15) is 5.26 Å². The molecule has 1 amide bonds. The van der Waals surface area contributed by atoms with Gasteiger partial charge in [-0.3, -0.25) is 4.79 Å². The fraction of sp³-hybridized carbons (Fsp3) is 0.846. The quantitative estimate of drug-likeness (QED) is 0.768. The van der Waals surface area contributed by atoms with Gasteiger partial charge in [0.15, 0.2) is 0 Å². The average molecular weight is 239 g/mol. The molecular formula is C13H25N3O. The summed E-state index contributed by atoms with van der Waals surface area (Å²) in [7, 11) is 0. The van der Waals surface area contributed by atoms with Crippen LogP contribution < -0.4 is 5.32 Å². The standard InChI is InChI=1S/C13H25N3O/c1-11(2)10-16(8-6-7-14)12(17)9-15-13(3,4)5/h11,15H,6,8-10H2,1-5H3. The maximum atomic E-state index is 12.0. The molecule has 0 aliphatic rings. The fourth-order valence-corrected chi connectivity index (χ4v) is 1.40. The third-order valence-corrected chi connectivity index (χ3v) is 2.20. The zero-order valence-corrected chi connectivity index (χ0v) is 11.7. The molecule has 17 heavy (non-hydrogen) atoms. The number of nitrogens with one attached hydrogen (secondary N) is 1. The lowest BCUT2D eigenvalue weighted by Gasteiger charge is -2.26. The Morgan fingerprint density at radius 2 is 2.00 bits per heavy atom. The van der Waals surface area contributed by atoms with E-state index in [2.05, 4.69) is 25.2 Å². The monoisotopic (exact) mass is 239 g/mol. The van der Waals surface area contributed by atoms with Gasteiger partial charge >= 0.3 is 0 Å². The topological polar surface area (TPSA) is 56.1 Å². The van der Waals surface area contributed by atoms with E-state index >= 15 is 0 Å². The van der Waals surface area contributed by atoms with Crippen LogP contribution in [0.25, 0.3) is 0 Å². The number of nitrogens with zero attached hydrogens (tertiary/aromatic N) is 2. The van der Waals surface area contributed by atoms with Crippen molar-refractivity contribution < 1.29 is 4.79 Å². The molecule has 4 heteroatoms. The van der Waals surface area contributed by atoms with Crippen LogP contribution in [0.3, 0.4) is 0 Å². The molecule has 98 valence electrons. The lowest BCUT2D eigenvalue weighted by molar-refractivity contribution is -0.131. The molecule has 0 aromatic rings. The molecule has 0 fully saturated rings. The average Bonchev–Trinajstić information content (AvgIpc) is 2.19. The molecule has 0 bridgehead atoms. The summed E-state index contributed by atoms with van der Waals surface area (Å²) in [5.74, 6) is 0.496. The number of carbonyl (C=O) groups is 1. The minimum atomic E-state index is -0.0611. The second-order valence-electron chi connectivity index (χ2n) is 5.75. The number of amides is 1.